The minimum atomic E-state index is -4.39. The van der Waals surface area contributed by atoms with E-state index in [0.717, 1.165) is 42.3 Å². The van der Waals surface area contributed by atoms with Crippen molar-refractivity contribution in [2.75, 3.05) is 31.6 Å². The van der Waals surface area contributed by atoms with E-state index in [1.165, 1.54) is 6.07 Å². The minimum Gasteiger partial charge on any atom is -0.359 e. The number of aromatic amines is 2. The second kappa shape index (κ2) is 8.65. The quantitative estimate of drug-likeness (QED) is 0.559. The van der Waals surface area contributed by atoms with Gasteiger partial charge < -0.3 is 15.2 Å². The average Bonchev–Trinajstić information content (AvgIpc) is 3.42. The summed E-state index contributed by atoms with van der Waals surface area (Å²) >= 11 is 0. The van der Waals surface area contributed by atoms with E-state index in [-0.39, 0.29) is 11.9 Å². The predicted octanol–water partition coefficient (Wildman–Crippen LogP) is 2.89. The first-order valence-corrected chi connectivity index (χ1v) is 10.2. The normalized spacial score (nSPS) is 17.5. The molecule has 0 radical (unpaired) electrons. The third-order valence-corrected chi connectivity index (χ3v) is 5.63. The molecule has 0 aromatic carbocycles. The van der Waals surface area contributed by atoms with E-state index < -0.39 is 11.7 Å². The van der Waals surface area contributed by atoms with Crippen LogP contribution in [0.4, 0.5) is 19.0 Å². The fourth-order valence-electron chi connectivity index (χ4n) is 3.96. The molecule has 1 unspecified atom stereocenters. The molecule has 0 aliphatic carbocycles. The Hall–Kier alpha value is -3.34. The molecule has 1 amide bonds. The van der Waals surface area contributed by atoms with E-state index in [2.05, 4.69) is 30.4 Å². The number of nitrogens with zero attached hydrogens (tertiary/aromatic N) is 4. The Balaban J connectivity index is 1.42. The first-order valence-electron chi connectivity index (χ1n) is 10.2. The first kappa shape index (κ1) is 21.9. The van der Waals surface area contributed by atoms with Gasteiger partial charge in [-0.05, 0) is 25.1 Å². The molecule has 32 heavy (non-hydrogen) atoms. The lowest BCUT2D eigenvalue weighted by atomic mass is 10.1. The molecule has 3 aromatic heterocycles. The molecule has 0 spiro atoms. The molecule has 0 bridgehead atoms. The van der Waals surface area contributed by atoms with Gasteiger partial charge in [0, 0.05) is 57.2 Å². The number of nitrogens with one attached hydrogen (secondary N) is 3. The topological polar surface area (TPSA) is 92.9 Å². The molecule has 170 valence electrons. The number of halogens is 3. The van der Waals surface area contributed by atoms with E-state index in [9.17, 15) is 18.0 Å². The minimum absolute atomic E-state index is 0.0775. The molecule has 1 aliphatic rings. The monoisotopic (exact) mass is 447 g/mol. The second-order valence-electron chi connectivity index (χ2n) is 7.83. The number of anilines is 1. The Labute approximate surface area is 182 Å². The van der Waals surface area contributed by atoms with Crippen molar-refractivity contribution in [3.05, 3.63) is 53.5 Å². The number of rotatable bonds is 5. The van der Waals surface area contributed by atoms with E-state index >= 15 is 0 Å². The lowest BCUT2D eigenvalue weighted by Crippen LogP contribution is -2.51. The number of aromatic nitrogens is 4. The summed E-state index contributed by atoms with van der Waals surface area (Å²) in [5.74, 6) is 0.373. The van der Waals surface area contributed by atoms with Gasteiger partial charge in [0.15, 0.2) is 0 Å². The van der Waals surface area contributed by atoms with Gasteiger partial charge in [-0.1, -0.05) is 0 Å². The molecular formula is C21H24F3N7O. The number of hydrogen-bond acceptors (Lipinski definition) is 5. The van der Waals surface area contributed by atoms with Gasteiger partial charge in [-0.2, -0.15) is 18.3 Å². The fraction of sp³-hybridized carbons (Fsp3) is 0.381. The zero-order chi connectivity index (χ0) is 22.9. The number of hydrogen-bond donors (Lipinski definition) is 3. The Bertz CT molecular complexity index is 1070. The maximum atomic E-state index is 12.8. The number of amides is 1. The summed E-state index contributed by atoms with van der Waals surface area (Å²) in [5, 5.41) is 9.75. The van der Waals surface area contributed by atoms with Crippen LogP contribution in [-0.2, 0) is 12.7 Å². The molecule has 3 aromatic rings. The van der Waals surface area contributed by atoms with Crippen LogP contribution >= 0.6 is 0 Å². The molecular weight excluding hydrogens is 423 g/mol. The van der Waals surface area contributed by atoms with Crippen LogP contribution in [-0.4, -0.2) is 63.7 Å². The van der Waals surface area contributed by atoms with Crippen LogP contribution in [0.2, 0.25) is 0 Å². The van der Waals surface area contributed by atoms with Crippen molar-refractivity contribution in [3.8, 4) is 11.4 Å². The smallest absolute Gasteiger partial charge is 0.359 e. The largest absolute Gasteiger partial charge is 0.417 e. The predicted molar refractivity (Wildman–Crippen MR) is 113 cm³/mol. The molecule has 11 heteroatoms. The lowest BCUT2D eigenvalue weighted by molar-refractivity contribution is -0.137. The molecule has 1 saturated heterocycles. The van der Waals surface area contributed by atoms with Crippen LogP contribution < -0.4 is 10.2 Å². The Morgan fingerprint density at radius 2 is 2.09 bits per heavy atom. The standard InChI is InChI=1S/C21H24F3N7O/c1-13-11-30(5-6-31(13)18-4-3-16(10-27-18)21(22,23)24)12-15-9-28-29-19(15)17-7-14(8-26-17)20(32)25-2/h3-4,7-10,13,26H,5-6,11-12H2,1-2H3,(H,25,32)(H,28,29). The summed E-state index contributed by atoms with van der Waals surface area (Å²) in [6.45, 7) is 4.78. The molecule has 4 heterocycles. The molecule has 3 N–H and O–H groups in total. The Morgan fingerprint density at radius 3 is 2.75 bits per heavy atom. The number of carbonyl (C=O) groups excluding carboxylic acids is 1. The van der Waals surface area contributed by atoms with Crippen molar-refractivity contribution < 1.29 is 18.0 Å². The third-order valence-electron chi connectivity index (χ3n) is 5.63. The number of alkyl halides is 3. The highest BCUT2D eigenvalue weighted by atomic mass is 19.4. The molecule has 8 nitrogen and oxygen atoms in total. The van der Waals surface area contributed by atoms with Gasteiger partial charge in [-0.15, -0.1) is 0 Å². The fourth-order valence-corrected chi connectivity index (χ4v) is 3.96. The Kier molecular flexibility index (Phi) is 5.92. The number of carbonyl (C=O) groups is 1. The van der Waals surface area contributed by atoms with Crippen LogP contribution in [0.1, 0.15) is 28.4 Å². The van der Waals surface area contributed by atoms with Crippen molar-refractivity contribution in [2.45, 2.75) is 25.7 Å². The zero-order valence-corrected chi connectivity index (χ0v) is 17.7. The third kappa shape index (κ3) is 4.47. The van der Waals surface area contributed by atoms with Crippen LogP contribution in [0.25, 0.3) is 11.4 Å². The van der Waals surface area contributed by atoms with Gasteiger partial charge in [0.2, 0.25) is 0 Å². The summed E-state index contributed by atoms with van der Waals surface area (Å²) in [6, 6.07) is 4.35. The van der Waals surface area contributed by atoms with E-state index in [0.29, 0.717) is 24.5 Å². The zero-order valence-electron chi connectivity index (χ0n) is 17.7. The maximum absolute atomic E-state index is 12.8. The summed E-state index contributed by atoms with van der Waals surface area (Å²) in [5.41, 5.74) is 2.37. The van der Waals surface area contributed by atoms with Gasteiger partial charge >= 0.3 is 6.18 Å². The van der Waals surface area contributed by atoms with Crippen LogP contribution in [0, 0.1) is 0 Å². The van der Waals surface area contributed by atoms with E-state index in [1.807, 2.05) is 11.8 Å². The summed E-state index contributed by atoms with van der Waals surface area (Å²) in [7, 11) is 1.58. The van der Waals surface area contributed by atoms with Gasteiger partial charge in [0.1, 0.15) is 5.82 Å². The molecule has 4 rings (SSSR count). The first-order chi connectivity index (χ1) is 15.3. The lowest BCUT2D eigenvalue weighted by Gasteiger charge is -2.40. The van der Waals surface area contributed by atoms with Crippen molar-refractivity contribution in [1.82, 2.24) is 30.4 Å². The summed E-state index contributed by atoms with van der Waals surface area (Å²) < 4.78 is 38.4. The van der Waals surface area contributed by atoms with Crippen LogP contribution in [0.5, 0.6) is 0 Å². The SMILES string of the molecule is CNC(=O)c1c[nH]c(-c2[nH]ncc2CN2CCN(c3ccc(C(F)(F)F)cn3)C(C)C2)c1. The van der Waals surface area contributed by atoms with Gasteiger partial charge in [0.25, 0.3) is 5.91 Å². The highest BCUT2D eigenvalue weighted by Crippen LogP contribution is 2.30. The second-order valence-corrected chi connectivity index (χ2v) is 7.83. The van der Waals surface area contributed by atoms with E-state index in [1.54, 1.807) is 25.5 Å². The average molecular weight is 447 g/mol. The summed E-state index contributed by atoms with van der Waals surface area (Å²) in [6.07, 6.45) is -0.0884. The van der Waals surface area contributed by atoms with Gasteiger partial charge in [0.05, 0.1) is 28.7 Å². The van der Waals surface area contributed by atoms with Gasteiger partial charge in [-0.3, -0.25) is 14.8 Å². The molecule has 1 fully saturated rings. The highest BCUT2D eigenvalue weighted by molar-refractivity contribution is 5.95. The maximum Gasteiger partial charge on any atom is 0.417 e. The number of H-pyrrole nitrogens is 2. The van der Waals surface area contributed by atoms with Gasteiger partial charge in [-0.25, -0.2) is 4.98 Å². The van der Waals surface area contributed by atoms with Crippen molar-refractivity contribution in [3.63, 3.8) is 0 Å². The van der Waals surface area contributed by atoms with Crippen LogP contribution in [0.3, 0.4) is 0 Å². The van der Waals surface area contributed by atoms with Crippen molar-refractivity contribution in [1.29, 1.82) is 0 Å². The molecule has 0 saturated carbocycles. The highest BCUT2D eigenvalue weighted by Gasteiger charge is 2.32. The van der Waals surface area contributed by atoms with Crippen molar-refractivity contribution in [2.24, 2.45) is 0 Å². The van der Waals surface area contributed by atoms with E-state index in [4.69, 9.17) is 0 Å². The summed E-state index contributed by atoms with van der Waals surface area (Å²) in [4.78, 5) is 23.2. The number of piperazine rings is 1. The Morgan fingerprint density at radius 1 is 1.28 bits per heavy atom. The van der Waals surface area contributed by atoms with Crippen LogP contribution in [0.15, 0.2) is 36.8 Å². The molecule has 1 atom stereocenters. The number of pyridine rings is 1. The molecule has 1 aliphatic heterocycles. The van der Waals surface area contributed by atoms with Crippen molar-refractivity contribution >= 4 is 11.7 Å².